The first-order valence-corrected chi connectivity index (χ1v) is 7.77. The van der Waals surface area contributed by atoms with Crippen LogP contribution in [-0.4, -0.2) is 34.5 Å². The maximum Gasteiger partial charge on any atom is 0.326 e. The van der Waals surface area contributed by atoms with Crippen molar-refractivity contribution in [1.82, 2.24) is 4.90 Å². The van der Waals surface area contributed by atoms with Crippen molar-refractivity contribution in [3.63, 3.8) is 0 Å². The van der Waals surface area contributed by atoms with Crippen molar-refractivity contribution in [3.05, 3.63) is 34.1 Å². The molecule has 112 valence electrons. The third-order valence-electron chi connectivity index (χ3n) is 4.57. The fourth-order valence-corrected chi connectivity index (χ4v) is 4.00. The number of nitrogens with zero attached hydrogens (tertiary/aromatic N) is 1. The van der Waals surface area contributed by atoms with E-state index in [0.29, 0.717) is 12.1 Å². The lowest BCUT2D eigenvalue weighted by Crippen LogP contribution is -2.43. The summed E-state index contributed by atoms with van der Waals surface area (Å²) in [6, 6.07) is 3.26. The van der Waals surface area contributed by atoms with E-state index in [4.69, 9.17) is 0 Å². The van der Waals surface area contributed by atoms with Gasteiger partial charge in [0.1, 0.15) is 11.9 Å². The number of rotatable bonds is 2. The Morgan fingerprint density at radius 2 is 2.10 bits per heavy atom. The van der Waals surface area contributed by atoms with Gasteiger partial charge in [-0.2, -0.15) is 0 Å². The molecule has 1 N–H and O–H groups in total. The van der Waals surface area contributed by atoms with Crippen molar-refractivity contribution in [2.75, 3.05) is 6.54 Å². The van der Waals surface area contributed by atoms with Crippen LogP contribution < -0.4 is 0 Å². The monoisotopic (exact) mass is 355 g/mol. The molecule has 1 heterocycles. The number of carboxylic acid groups (broad SMARTS) is 1. The number of likely N-dealkylation sites (tertiary alicyclic amines) is 1. The summed E-state index contributed by atoms with van der Waals surface area (Å²) >= 11 is 3.05. The zero-order valence-electron chi connectivity index (χ0n) is 11.3. The molecule has 0 spiro atoms. The minimum atomic E-state index is -0.945. The number of fused-ring (bicyclic) bond motifs is 1. The van der Waals surface area contributed by atoms with Gasteiger partial charge in [0.25, 0.3) is 5.91 Å². The van der Waals surface area contributed by atoms with E-state index in [1.165, 1.54) is 23.1 Å². The van der Waals surface area contributed by atoms with E-state index in [1.807, 2.05) is 0 Å². The zero-order valence-corrected chi connectivity index (χ0v) is 12.8. The molecule has 6 heteroatoms. The summed E-state index contributed by atoms with van der Waals surface area (Å²) in [5.41, 5.74) is 0.314. The summed E-state index contributed by atoms with van der Waals surface area (Å²) in [5.74, 6) is -1.40. The molecule has 3 unspecified atom stereocenters. The quantitative estimate of drug-likeness (QED) is 0.887. The molecule has 1 saturated carbocycles. The molecule has 1 amide bonds. The summed E-state index contributed by atoms with van der Waals surface area (Å²) in [6.45, 7) is 0.482. The number of hydrogen-bond donors (Lipinski definition) is 1. The lowest BCUT2D eigenvalue weighted by molar-refractivity contribution is -0.142. The maximum atomic E-state index is 13.3. The van der Waals surface area contributed by atoms with E-state index < -0.39 is 17.8 Å². The van der Waals surface area contributed by atoms with Crippen LogP contribution in [0.1, 0.15) is 29.6 Å². The van der Waals surface area contributed by atoms with Crippen molar-refractivity contribution in [2.24, 2.45) is 11.8 Å². The largest absolute Gasteiger partial charge is 0.480 e. The van der Waals surface area contributed by atoms with Gasteiger partial charge in [0, 0.05) is 12.1 Å². The third kappa shape index (κ3) is 2.46. The molecule has 3 rings (SSSR count). The molecule has 1 aromatic carbocycles. The molecular weight excluding hydrogens is 341 g/mol. The Bertz CT molecular complexity index is 607. The first-order valence-electron chi connectivity index (χ1n) is 6.98. The second kappa shape index (κ2) is 5.40. The SMILES string of the molecule is O=C(O)C1C2CCCC2CN1C(=O)c1ccc(F)c(Br)c1. The summed E-state index contributed by atoms with van der Waals surface area (Å²) in [7, 11) is 0. The first kappa shape index (κ1) is 14.5. The average molecular weight is 356 g/mol. The second-order valence-electron chi connectivity index (χ2n) is 5.72. The molecule has 2 fully saturated rings. The molecule has 21 heavy (non-hydrogen) atoms. The minimum absolute atomic E-state index is 0.0512. The molecule has 0 bridgehead atoms. The molecule has 1 aromatic rings. The fraction of sp³-hybridized carbons (Fsp3) is 0.467. The normalized spacial score (nSPS) is 27.7. The van der Waals surface area contributed by atoms with Crippen molar-refractivity contribution in [3.8, 4) is 0 Å². The molecule has 1 aliphatic heterocycles. The highest BCUT2D eigenvalue weighted by Gasteiger charge is 2.49. The molecular formula is C15H15BrFNO3. The highest BCUT2D eigenvalue weighted by atomic mass is 79.9. The lowest BCUT2D eigenvalue weighted by Gasteiger charge is -2.24. The molecule has 2 aliphatic rings. The zero-order chi connectivity index (χ0) is 15.1. The van der Waals surface area contributed by atoms with E-state index in [-0.39, 0.29) is 22.2 Å². The second-order valence-corrected chi connectivity index (χ2v) is 6.58. The summed E-state index contributed by atoms with van der Waals surface area (Å²) in [6.07, 6.45) is 2.87. The van der Waals surface area contributed by atoms with Crippen LogP contribution in [0.5, 0.6) is 0 Å². The number of carbonyl (C=O) groups is 2. The van der Waals surface area contributed by atoms with E-state index in [1.54, 1.807) is 0 Å². The minimum Gasteiger partial charge on any atom is -0.480 e. The Kier molecular flexibility index (Phi) is 3.73. The maximum absolute atomic E-state index is 13.3. The number of carboxylic acids is 1. The van der Waals surface area contributed by atoms with Gasteiger partial charge < -0.3 is 10.0 Å². The van der Waals surface area contributed by atoms with Crippen molar-refractivity contribution < 1.29 is 19.1 Å². The molecule has 3 atom stereocenters. The smallest absolute Gasteiger partial charge is 0.326 e. The average Bonchev–Trinajstić information content (AvgIpc) is 3.00. The van der Waals surface area contributed by atoms with Crippen molar-refractivity contribution >= 4 is 27.8 Å². The summed E-state index contributed by atoms with van der Waals surface area (Å²) < 4.78 is 13.5. The van der Waals surface area contributed by atoms with Crippen LogP contribution in [0.25, 0.3) is 0 Å². The van der Waals surface area contributed by atoms with Gasteiger partial charge in [-0.05, 0) is 58.8 Å². The van der Waals surface area contributed by atoms with Crippen LogP contribution in [0, 0.1) is 17.7 Å². The topological polar surface area (TPSA) is 57.6 Å². The number of aliphatic carboxylic acids is 1. The Morgan fingerprint density at radius 3 is 2.76 bits per heavy atom. The van der Waals surface area contributed by atoms with E-state index in [9.17, 15) is 19.1 Å². The van der Waals surface area contributed by atoms with Gasteiger partial charge in [0.05, 0.1) is 4.47 Å². The molecule has 4 nitrogen and oxygen atoms in total. The Balaban J connectivity index is 1.89. The Hall–Kier alpha value is -1.43. The van der Waals surface area contributed by atoms with Crippen molar-refractivity contribution in [1.29, 1.82) is 0 Å². The van der Waals surface area contributed by atoms with Gasteiger partial charge >= 0.3 is 5.97 Å². The number of hydrogen-bond acceptors (Lipinski definition) is 2. The van der Waals surface area contributed by atoms with Crippen LogP contribution in [0.3, 0.4) is 0 Å². The summed E-state index contributed by atoms with van der Waals surface area (Å²) in [4.78, 5) is 25.6. The van der Waals surface area contributed by atoms with E-state index in [2.05, 4.69) is 15.9 Å². The third-order valence-corrected chi connectivity index (χ3v) is 5.18. The van der Waals surface area contributed by atoms with Crippen LogP contribution >= 0.6 is 15.9 Å². The molecule has 1 aliphatic carbocycles. The van der Waals surface area contributed by atoms with Gasteiger partial charge in [-0.25, -0.2) is 9.18 Å². The van der Waals surface area contributed by atoms with Crippen LogP contribution in [0.4, 0.5) is 4.39 Å². The van der Waals surface area contributed by atoms with Gasteiger partial charge in [-0.3, -0.25) is 4.79 Å². The van der Waals surface area contributed by atoms with E-state index >= 15 is 0 Å². The Morgan fingerprint density at radius 1 is 1.33 bits per heavy atom. The van der Waals surface area contributed by atoms with Crippen LogP contribution in [0.2, 0.25) is 0 Å². The molecule has 1 saturated heterocycles. The number of carbonyl (C=O) groups excluding carboxylic acids is 1. The first-order chi connectivity index (χ1) is 9.99. The highest BCUT2D eigenvalue weighted by molar-refractivity contribution is 9.10. The van der Waals surface area contributed by atoms with Gasteiger partial charge in [-0.15, -0.1) is 0 Å². The number of benzene rings is 1. The lowest BCUT2D eigenvalue weighted by atomic mass is 9.94. The van der Waals surface area contributed by atoms with Crippen LogP contribution in [-0.2, 0) is 4.79 Å². The predicted molar refractivity (Wildman–Crippen MR) is 77.4 cm³/mol. The summed E-state index contributed by atoms with van der Waals surface area (Å²) in [5, 5.41) is 9.46. The van der Waals surface area contributed by atoms with Gasteiger partial charge in [0.2, 0.25) is 0 Å². The van der Waals surface area contributed by atoms with Crippen molar-refractivity contribution in [2.45, 2.75) is 25.3 Å². The standard InChI is InChI=1S/C15H15BrFNO3/c16-11-6-8(4-5-12(11)17)14(19)18-7-9-2-1-3-10(9)13(18)15(20)21/h4-6,9-10,13H,1-3,7H2,(H,20,21). The number of amides is 1. The number of halogens is 2. The fourth-order valence-electron chi connectivity index (χ4n) is 3.63. The van der Waals surface area contributed by atoms with Gasteiger partial charge in [0.15, 0.2) is 0 Å². The Labute approximate surface area is 130 Å². The van der Waals surface area contributed by atoms with Gasteiger partial charge in [-0.1, -0.05) is 6.42 Å². The van der Waals surface area contributed by atoms with Crippen LogP contribution in [0.15, 0.2) is 22.7 Å². The predicted octanol–water partition coefficient (Wildman–Crippen LogP) is 2.91. The molecule has 0 radical (unpaired) electrons. The highest BCUT2D eigenvalue weighted by Crippen LogP contribution is 2.42. The molecule has 0 aromatic heterocycles. The van der Waals surface area contributed by atoms with E-state index in [0.717, 1.165) is 19.3 Å².